The van der Waals surface area contributed by atoms with Crippen molar-refractivity contribution in [3.63, 3.8) is 0 Å². The van der Waals surface area contributed by atoms with E-state index in [9.17, 15) is 0 Å². The van der Waals surface area contributed by atoms with Crippen LogP contribution < -0.4 is 5.73 Å². The van der Waals surface area contributed by atoms with Gasteiger partial charge in [0.1, 0.15) is 0 Å². The zero-order valence-corrected chi connectivity index (χ0v) is 9.91. The molecule has 4 nitrogen and oxygen atoms in total. The molecule has 0 radical (unpaired) electrons. The topological polar surface area (TPSA) is 56.7 Å². The molecule has 1 heterocycles. The van der Waals surface area contributed by atoms with Crippen LogP contribution in [-0.2, 0) is 12.4 Å². The molecule has 0 fully saturated rings. The molecule has 2 aromatic rings. The van der Waals surface area contributed by atoms with Crippen LogP contribution in [0.2, 0.25) is 5.02 Å². The van der Waals surface area contributed by atoms with Gasteiger partial charge < -0.3 is 5.73 Å². The van der Waals surface area contributed by atoms with Gasteiger partial charge >= 0.3 is 0 Å². The van der Waals surface area contributed by atoms with Crippen molar-refractivity contribution in [3.8, 4) is 5.69 Å². The number of hydrogen-bond donors (Lipinski definition) is 1. The Morgan fingerprint density at radius 1 is 1.25 bits per heavy atom. The van der Waals surface area contributed by atoms with Gasteiger partial charge in [0.2, 0.25) is 0 Å². The third-order valence-corrected chi connectivity index (χ3v) is 2.64. The average Bonchev–Trinajstić information content (AvgIpc) is 2.71. The summed E-state index contributed by atoms with van der Waals surface area (Å²) in [5.41, 5.74) is 6.46. The number of rotatable bonds is 3. The lowest BCUT2D eigenvalue weighted by Crippen LogP contribution is -2.08. The minimum Gasteiger partial charge on any atom is -0.324 e. The van der Waals surface area contributed by atoms with E-state index in [1.807, 2.05) is 22.8 Å². The number of nitrogens with zero attached hydrogens (tertiary/aromatic N) is 3. The van der Waals surface area contributed by atoms with E-state index in [2.05, 4.69) is 10.2 Å². The third kappa shape index (κ3) is 2.04. The molecular weight excluding hydrogens is 247 g/mol. The summed E-state index contributed by atoms with van der Waals surface area (Å²) in [6.07, 6.45) is 0. The average molecular weight is 257 g/mol. The lowest BCUT2D eigenvalue weighted by atomic mass is 10.3. The van der Waals surface area contributed by atoms with Crippen LogP contribution in [0, 0.1) is 0 Å². The molecule has 0 saturated heterocycles. The first-order valence-electron chi connectivity index (χ1n) is 4.71. The van der Waals surface area contributed by atoms with Gasteiger partial charge in [0.25, 0.3) is 0 Å². The van der Waals surface area contributed by atoms with Crippen molar-refractivity contribution in [2.24, 2.45) is 5.73 Å². The Bertz CT molecular complexity index is 474. The summed E-state index contributed by atoms with van der Waals surface area (Å²) in [6.45, 7) is 0.302. The van der Waals surface area contributed by atoms with E-state index in [0.717, 1.165) is 5.69 Å². The summed E-state index contributed by atoms with van der Waals surface area (Å²) >= 11 is 11.7. The van der Waals surface area contributed by atoms with E-state index >= 15 is 0 Å². The smallest absolute Gasteiger partial charge is 0.152 e. The molecule has 2 N–H and O–H groups in total. The van der Waals surface area contributed by atoms with Gasteiger partial charge in [-0.1, -0.05) is 17.7 Å². The van der Waals surface area contributed by atoms with Crippen LogP contribution in [-0.4, -0.2) is 14.8 Å². The van der Waals surface area contributed by atoms with Crippen LogP contribution in [0.1, 0.15) is 11.6 Å². The Hall–Kier alpha value is -1.10. The van der Waals surface area contributed by atoms with E-state index in [-0.39, 0.29) is 5.88 Å². The Balaban J connectivity index is 2.57. The van der Waals surface area contributed by atoms with Gasteiger partial charge in [0, 0.05) is 5.02 Å². The van der Waals surface area contributed by atoms with E-state index in [1.165, 1.54) is 0 Å². The van der Waals surface area contributed by atoms with Crippen molar-refractivity contribution in [2.75, 3.05) is 0 Å². The van der Waals surface area contributed by atoms with Crippen molar-refractivity contribution in [2.45, 2.75) is 12.4 Å². The van der Waals surface area contributed by atoms with Gasteiger partial charge in [-0.05, 0) is 18.2 Å². The second kappa shape index (κ2) is 4.82. The molecule has 0 aliphatic rings. The zero-order valence-electron chi connectivity index (χ0n) is 8.40. The minimum atomic E-state index is 0.277. The fourth-order valence-electron chi connectivity index (χ4n) is 1.49. The first-order chi connectivity index (χ1) is 7.76. The number of aromatic nitrogens is 3. The Morgan fingerprint density at radius 2 is 2.00 bits per heavy atom. The molecule has 2 rings (SSSR count). The fraction of sp³-hybridized carbons (Fsp3) is 0.200. The van der Waals surface area contributed by atoms with Gasteiger partial charge in [-0.25, -0.2) is 0 Å². The van der Waals surface area contributed by atoms with E-state index in [1.54, 1.807) is 6.07 Å². The number of nitrogens with two attached hydrogens (primary N) is 1. The maximum Gasteiger partial charge on any atom is 0.152 e. The van der Waals surface area contributed by atoms with Crippen LogP contribution in [0.5, 0.6) is 0 Å². The summed E-state index contributed by atoms with van der Waals surface area (Å²) in [5.74, 6) is 1.60. The van der Waals surface area contributed by atoms with Gasteiger partial charge in [-0.2, -0.15) is 0 Å². The Kier molecular flexibility index (Phi) is 3.43. The molecule has 0 saturated carbocycles. The van der Waals surface area contributed by atoms with Gasteiger partial charge in [-0.15, -0.1) is 21.8 Å². The predicted octanol–water partition coefficient (Wildman–Crippen LogP) is 2.12. The van der Waals surface area contributed by atoms with Crippen LogP contribution in [0.25, 0.3) is 5.69 Å². The van der Waals surface area contributed by atoms with Gasteiger partial charge in [-0.3, -0.25) is 4.57 Å². The van der Waals surface area contributed by atoms with Crippen LogP contribution in [0.3, 0.4) is 0 Å². The number of alkyl halides is 1. The zero-order chi connectivity index (χ0) is 11.5. The van der Waals surface area contributed by atoms with Crippen molar-refractivity contribution >= 4 is 23.2 Å². The molecule has 0 spiro atoms. The summed E-state index contributed by atoms with van der Waals surface area (Å²) in [4.78, 5) is 0. The number of halogens is 2. The van der Waals surface area contributed by atoms with E-state index < -0.39 is 0 Å². The molecule has 84 valence electrons. The lowest BCUT2D eigenvalue weighted by molar-refractivity contribution is 0.848. The molecule has 16 heavy (non-hydrogen) atoms. The standard InChI is InChI=1S/C10H10Cl2N4/c11-5-9-14-15-10(6-13)16(9)8-3-1-2-7(12)4-8/h1-4H,5-6,13H2. The molecule has 0 unspecified atom stereocenters. The van der Waals surface area contributed by atoms with Gasteiger partial charge in [0.05, 0.1) is 18.1 Å². The summed E-state index contributed by atoms with van der Waals surface area (Å²) in [5, 5.41) is 8.59. The maximum absolute atomic E-state index is 5.93. The third-order valence-electron chi connectivity index (χ3n) is 2.17. The van der Waals surface area contributed by atoms with E-state index in [0.29, 0.717) is 23.2 Å². The van der Waals surface area contributed by atoms with Crippen molar-refractivity contribution < 1.29 is 0 Å². The molecule has 0 aliphatic heterocycles. The maximum atomic E-state index is 5.93. The second-order valence-electron chi connectivity index (χ2n) is 3.19. The molecule has 6 heteroatoms. The summed E-state index contributed by atoms with van der Waals surface area (Å²) < 4.78 is 1.82. The Labute approximate surface area is 103 Å². The van der Waals surface area contributed by atoms with Crippen LogP contribution in [0.4, 0.5) is 0 Å². The van der Waals surface area contributed by atoms with Crippen LogP contribution >= 0.6 is 23.2 Å². The van der Waals surface area contributed by atoms with Crippen molar-refractivity contribution in [1.82, 2.24) is 14.8 Å². The number of hydrogen-bond acceptors (Lipinski definition) is 3. The molecule has 0 aliphatic carbocycles. The number of benzene rings is 1. The first-order valence-corrected chi connectivity index (χ1v) is 5.62. The first kappa shape index (κ1) is 11.4. The van der Waals surface area contributed by atoms with Crippen molar-refractivity contribution in [1.29, 1.82) is 0 Å². The van der Waals surface area contributed by atoms with E-state index in [4.69, 9.17) is 28.9 Å². The van der Waals surface area contributed by atoms with Crippen molar-refractivity contribution in [3.05, 3.63) is 40.9 Å². The second-order valence-corrected chi connectivity index (χ2v) is 3.89. The summed E-state index contributed by atoms with van der Waals surface area (Å²) in [6, 6.07) is 7.39. The fourth-order valence-corrected chi connectivity index (χ4v) is 1.84. The lowest BCUT2D eigenvalue weighted by Gasteiger charge is -2.08. The molecular formula is C10H10Cl2N4. The molecule has 1 aromatic carbocycles. The highest BCUT2D eigenvalue weighted by Gasteiger charge is 2.11. The quantitative estimate of drug-likeness (QED) is 0.857. The van der Waals surface area contributed by atoms with Gasteiger partial charge in [0.15, 0.2) is 11.6 Å². The Morgan fingerprint density at radius 3 is 2.62 bits per heavy atom. The predicted molar refractivity (Wildman–Crippen MR) is 63.8 cm³/mol. The highest BCUT2D eigenvalue weighted by Crippen LogP contribution is 2.18. The highest BCUT2D eigenvalue weighted by molar-refractivity contribution is 6.30. The highest BCUT2D eigenvalue weighted by atomic mass is 35.5. The van der Waals surface area contributed by atoms with Crippen LogP contribution in [0.15, 0.2) is 24.3 Å². The molecule has 1 aromatic heterocycles. The summed E-state index contributed by atoms with van der Waals surface area (Å²) in [7, 11) is 0. The SMILES string of the molecule is NCc1nnc(CCl)n1-c1cccc(Cl)c1. The monoisotopic (exact) mass is 256 g/mol. The molecule has 0 bridgehead atoms. The minimum absolute atomic E-state index is 0.277. The largest absolute Gasteiger partial charge is 0.324 e. The molecule has 0 atom stereocenters. The molecule has 0 amide bonds. The normalized spacial score (nSPS) is 10.7.